The molecule has 0 spiro atoms. The number of nitrogens with zero attached hydrogens (tertiary/aromatic N) is 1. The normalized spacial score (nSPS) is 10.9. The molecular formula is C10H19NO3. The van der Waals surface area contributed by atoms with Crippen LogP contribution in [0.1, 0.15) is 27.7 Å². The summed E-state index contributed by atoms with van der Waals surface area (Å²) in [5.74, 6) is -0.479. The van der Waals surface area contributed by atoms with Crippen LogP contribution >= 0.6 is 0 Å². The van der Waals surface area contributed by atoms with Crippen molar-refractivity contribution in [1.29, 1.82) is 0 Å². The lowest BCUT2D eigenvalue weighted by molar-refractivity contribution is -0.139. The second-order valence-electron chi connectivity index (χ2n) is 4.02. The van der Waals surface area contributed by atoms with E-state index in [1.807, 2.05) is 27.7 Å². The summed E-state index contributed by atoms with van der Waals surface area (Å²) in [7, 11) is 0. The topological polar surface area (TPSA) is 49.8 Å². The van der Waals surface area contributed by atoms with Crippen LogP contribution < -0.4 is 0 Å². The molecule has 0 amide bonds. The highest BCUT2D eigenvalue weighted by Crippen LogP contribution is 2.14. The van der Waals surface area contributed by atoms with Gasteiger partial charge in [-0.05, 0) is 34.3 Å². The summed E-state index contributed by atoms with van der Waals surface area (Å²) in [6.45, 7) is 11.7. The fourth-order valence-electron chi connectivity index (χ4n) is 0.958. The molecule has 1 N–H and O–H groups in total. The van der Waals surface area contributed by atoms with Crippen molar-refractivity contribution in [2.75, 3.05) is 13.1 Å². The van der Waals surface area contributed by atoms with Crippen molar-refractivity contribution in [3.05, 3.63) is 12.5 Å². The first-order chi connectivity index (χ1) is 6.26. The van der Waals surface area contributed by atoms with Gasteiger partial charge in [-0.3, -0.25) is 4.79 Å². The molecule has 0 aromatic heterocycles. The molecule has 0 saturated heterocycles. The summed E-state index contributed by atoms with van der Waals surface area (Å²) >= 11 is 0. The van der Waals surface area contributed by atoms with Gasteiger partial charge in [-0.25, -0.2) is 0 Å². The van der Waals surface area contributed by atoms with Crippen LogP contribution in [-0.4, -0.2) is 34.7 Å². The molecule has 0 saturated carbocycles. The first-order valence-corrected chi connectivity index (χ1v) is 4.61. The molecule has 0 bridgehead atoms. The standard InChI is InChI=1S/C10H19NO3/c1-6-11(7-9(12)13)8(2)14-10(3,4)5/h2,6-7H2,1,3-5H3,(H,12,13). The maximum Gasteiger partial charge on any atom is 0.323 e. The van der Waals surface area contributed by atoms with Gasteiger partial charge in [0.1, 0.15) is 12.1 Å². The van der Waals surface area contributed by atoms with Crippen LogP contribution in [0.5, 0.6) is 0 Å². The lowest BCUT2D eigenvalue weighted by Gasteiger charge is -2.29. The van der Waals surface area contributed by atoms with Crippen LogP contribution in [0.25, 0.3) is 0 Å². The maximum atomic E-state index is 10.5. The fraction of sp³-hybridized carbons (Fsp3) is 0.700. The molecule has 0 aliphatic heterocycles. The lowest BCUT2D eigenvalue weighted by atomic mass is 10.2. The highest BCUT2D eigenvalue weighted by Gasteiger charge is 2.17. The van der Waals surface area contributed by atoms with Crippen molar-refractivity contribution in [1.82, 2.24) is 4.90 Å². The molecule has 14 heavy (non-hydrogen) atoms. The van der Waals surface area contributed by atoms with Gasteiger partial charge in [0, 0.05) is 6.54 Å². The van der Waals surface area contributed by atoms with Gasteiger partial charge >= 0.3 is 5.97 Å². The second-order valence-corrected chi connectivity index (χ2v) is 4.02. The first kappa shape index (κ1) is 12.8. The SMILES string of the molecule is C=C(OC(C)(C)C)N(CC)CC(=O)O. The molecule has 0 aliphatic carbocycles. The Morgan fingerprint density at radius 2 is 2.00 bits per heavy atom. The van der Waals surface area contributed by atoms with E-state index in [0.717, 1.165) is 0 Å². The Balaban J connectivity index is 4.25. The largest absolute Gasteiger partial charge is 0.480 e. The summed E-state index contributed by atoms with van der Waals surface area (Å²) in [6.07, 6.45) is 0. The van der Waals surface area contributed by atoms with Crippen molar-refractivity contribution < 1.29 is 14.6 Å². The molecule has 82 valence electrons. The lowest BCUT2D eigenvalue weighted by Crippen LogP contribution is -2.33. The van der Waals surface area contributed by atoms with Gasteiger partial charge in [0.25, 0.3) is 0 Å². The van der Waals surface area contributed by atoms with E-state index in [-0.39, 0.29) is 12.1 Å². The quantitative estimate of drug-likeness (QED) is 0.687. The Morgan fingerprint density at radius 3 is 2.29 bits per heavy atom. The van der Waals surface area contributed by atoms with Crippen LogP contribution in [-0.2, 0) is 9.53 Å². The number of aliphatic carboxylic acids is 1. The molecule has 4 nitrogen and oxygen atoms in total. The zero-order valence-electron chi connectivity index (χ0n) is 9.33. The van der Waals surface area contributed by atoms with Crippen molar-refractivity contribution >= 4 is 5.97 Å². The van der Waals surface area contributed by atoms with Crippen LogP contribution in [0.3, 0.4) is 0 Å². The summed E-state index contributed by atoms with van der Waals surface area (Å²) < 4.78 is 5.46. The molecule has 0 unspecified atom stereocenters. The van der Waals surface area contributed by atoms with Crippen LogP contribution in [0, 0.1) is 0 Å². The van der Waals surface area contributed by atoms with Crippen molar-refractivity contribution in [2.45, 2.75) is 33.3 Å². The Morgan fingerprint density at radius 1 is 1.50 bits per heavy atom. The Kier molecular flexibility index (Phi) is 4.47. The number of rotatable bonds is 5. The molecule has 4 heteroatoms. The summed E-state index contributed by atoms with van der Waals surface area (Å²) in [5, 5.41) is 8.62. The summed E-state index contributed by atoms with van der Waals surface area (Å²) in [5.41, 5.74) is -0.344. The number of carboxylic acid groups (broad SMARTS) is 1. The molecule has 0 radical (unpaired) electrons. The third-order valence-electron chi connectivity index (χ3n) is 1.48. The highest BCUT2D eigenvalue weighted by molar-refractivity contribution is 5.69. The maximum absolute atomic E-state index is 10.5. The van der Waals surface area contributed by atoms with Crippen LogP contribution in [0.15, 0.2) is 12.5 Å². The zero-order valence-corrected chi connectivity index (χ0v) is 9.33. The van der Waals surface area contributed by atoms with Crippen LogP contribution in [0.2, 0.25) is 0 Å². The number of carbonyl (C=O) groups is 1. The van der Waals surface area contributed by atoms with E-state index in [0.29, 0.717) is 12.4 Å². The molecule has 0 fully saturated rings. The molecule has 0 atom stereocenters. The van der Waals surface area contributed by atoms with Gasteiger partial charge in [-0.2, -0.15) is 0 Å². The van der Waals surface area contributed by atoms with Gasteiger partial charge in [0.15, 0.2) is 5.88 Å². The van der Waals surface area contributed by atoms with E-state index in [1.54, 1.807) is 4.90 Å². The Hall–Kier alpha value is -1.19. The second kappa shape index (κ2) is 4.88. The number of hydrogen-bond acceptors (Lipinski definition) is 3. The average molecular weight is 201 g/mol. The predicted octanol–water partition coefficient (Wildman–Crippen LogP) is 1.68. The number of carboxylic acids is 1. The molecule has 0 aromatic rings. The minimum atomic E-state index is -0.884. The summed E-state index contributed by atoms with van der Waals surface area (Å²) in [4.78, 5) is 12.1. The number of likely N-dealkylation sites (N-methyl/N-ethyl adjacent to an activating group) is 1. The van der Waals surface area contributed by atoms with E-state index >= 15 is 0 Å². The first-order valence-electron chi connectivity index (χ1n) is 4.61. The van der Waals surface area contributed by atoms with Crippen LogP contribution in [0.4, 0.5) is 0 Å². The van der Waals surface area contributed by atoms with Crippen molar-refractivity contribution in [2.24, 2.45) is 0 Å². The van der Waals surface area contributed by atoms with E-state index in [9.17, 15) is 4.79 Å². The van der Waals surface area contributed by atoms with E-state index in [1.165, 1.54) is 0 Å². The molecular weight excluding hydrogens is 182 g/mol. The van der Waals surface area contributed by atoms with Gasteiger partial charge in [0.2, 0.25) is 0 Å². The third-order valence-corrected chi connectivity index (χ3v) is 1.48. The Bertz CT molecular complexity index is 218. The number of hydrogen-bond donors (Lipinski definition) is 1. The Labute approximate surface area is 85.2 Å². The fourth-order valence-corrected chi connectivity index (χ4v) is 0.958. The van der Waals surface area contributed by atoms with Gasteiger partial charge in [-0.1, -0.05) is 0 Å². The minimum absolute atomic E-state index is 0.0780. The van der Waals surface area contributed by atoms with E-state index < -0.39 is 5.97 Å². The molecule has 0 aliphatic rings. The summed E-state index contributed by atoms with van der Waals surface area (Å²) in [6, 6.07) is 0. The number of ether oxygens (including phenoxy) is 1. The van der Waals surface area contributed by atoms with Gasteiger partial charge in [0.05, 0.1) is 0 Å². The molecule has 0 rings (SSSR count). The van der Waals surface area contributed by atoms with Gasteiger partial charge < -0.3 is 14.7 Å². The zero-order chi connectivity index (χ0) is 11.4. The molecule has 0 aromatic carbocycles. The average Bonchev–Trinajstić information content (AvgIpc) is 1.96. The smallest absolute Gasteiger partial charge is 0.323 e. The van der Waals surface area contributed by atoms with E-state index in [2.05, 4.69) is 6.58 Å². The predicted molar refractivity (Wildman–Crippen MR) is 54.9 cm³/mol. The monoisotopic (exact) mass is 201 g/mol. The van der Waals surface area contributed by atoms with Gasteiger partial charge in [-0.15, -0.1) is 0 Å². The highest BCUT2D eigenvalue weighted by atomic mass is 16.5. The third kappa shape index (κ3) is 5.45. The van der Waals surface area contributed by atoms with E-state index in [4.69, 9.17) is 9.84 Å². The van der Waals surface area contributed by atoms with Crippen molar-refractivity contribution in [3.8, 4) is 0 Å². The molecule has 0 heterocycles. The minimum Gasteiger partial charge on any atom is -0.480 e. The van der Waals surface area contributed by atoms with Crippen molar-refractivity contribution in [3.63, 3.8) is 0 Å².